The molecule has 0 bridgehead atoms. The molecule has 1 heteroatoms. The van der Waals surface area contributed by atoms with E-state index in [2.05, 4.69) is 103 Å². The van der Waals surface area contributed by atoms with E-state index in [0.717, 1.165) is 6.42 Å². The Morgan fingerprint density at radius 2 is 1.23 bits per heavy atom. The Balaban J connectivity index is 1.68. The molecule has 4 aromatic carbocycles. The van der Waals surface area contributed by atoms with Gasteiger partial charge in [0.1, 0.15) is 0 Å². The second kappa shape index (κ2) is 6.03. The van der Waals surface area contributed by atoms with E-state index in [1.807, 2.05) is 0 Å². The molecule has 0 spiro atoms. The fourth-order valence-corrected chi connectivity index (χ4v) is 4.38. The van der Waals surface area contributed by atoms with E-state index in [1.54, 1.807) is 0 Å². The molecule has 0 saturated heterocycles. The number of hydrogen-bond donors (Lipinski definition) is 0. The predicted octanol–water partition coefficient (Wildman–Crippen LogP) is 6.30. The standard InChI is InChI=1S/C25H21N/c1-26-24-15-6-4-13-21(24)23(22-14-5-7-16-25(22)26)17-19-11-8-10-18-9-2-3-12-20(18)19/h2-16,23H,17H2,1H3. The molecule has 0 N–H and O–H groups in total. The summed E-state index contributed by atoms with van der Waals surface area (Å²) in [4.78, 5) is 2.32. The van der Waals surface area contributed by atoms with Crippen molar-refractivity contribution in [2.24, 2.45) is 0 Å². The largest absolute Gasteiger partial charge is 0.344 e. The average molecular weight is 335 g/mol. The highest BCUT2D eigenvalue weighted by molar-refractivity contribution is 5.86. The monoisotopic (exact) mass is 335 g/mol. The molecule has 126 valence electrons. The molecule has 0 amide bonds. The van der Waals surface area contributed by atoms with Crippen molar-refractivity contribution in [3.63, 3.8) is 0 Å². The molecule has 1 heterocycles. The maximum Gasteiger partial charge on any atom is 0.0447 e. The van der Waals surface area contributed by atoms with Crippen LogP contribution in [0.4, 0.5) is 11.4 Å². The lowest BCUT2D eigenvalue weighted by atomic mass is 9.80. The van der Waals surface area contributed by atoms with Gasteiger partial charge in [-0.1, -0.05) is 78.9 Å². The quantitative estimate of drug-likeness (QED) is 0.416. The highest BCUT2D eigenvalue weighted by Gasteiger charge is 2.28. The van der Waals surface area contributed by atoms with Crippen molar-refractivity contribution in [1.82, 2.24) is 0 Å². The van der Waals surface area contributed by atoms with Crippen molar-refractivity contribution >= 4 is 22.1 Å². The molecule has 1 aliphatic heterocycles. The van der Waals surface area contributed by atoms with Crippen LogP contribution in [0.5, 0.6) is 0 Å². The van der Waals surface area contributed by atoms with Gasteiger partial charge in [-0.2, -0.15) is 0 Å². The zero-order valence-corrected chi connectivity index (χ0v) is 14.9. The Labute approximate surface area is 154 Å². The average Bonchev–Trinajstić information content (AvgIpc) is 2.71. The SMILES string of the molecule is CN1c2ccccc2C(Cc2cccc3ccccc23)c2ccccc21. The normalized spacial score (nSPS) is 13.5. The van der Waals surface area contributed by atoms with Crippen LogP contribution in [-0.4, -0.2) is 7.05 Å². The number of benzene rings is 4. The first-order chi connectivity index (χ1) is 12.8. The zero-order chi connectivity index (χ0) is 17.5. The van der Waals surface area contributed by atoms with Crippen LogP contribution in [0.1, 0.15) is 22.6 Å². The number of para-hydroxylation sites is 2. The van der Waals surface area contributed by atoms with Gasteiger partial charge in [0.15, 0.2) is 0 Å². The van der Waals surface area contributed by atoms with Crippen molar-refractivity contribution < 1.29 is 0 Å². The topological polar surface area (TPSA) is 3.24 Å². The van der Waals surface area contributed by atoms with Gasteiger partial charge in [-0.05, 0) is 46.0 Å². The number of nitrogens with zero attached hydrogens (tertiary/aromatic N) is 1. The summed E-state index contributed by atoms with van der Waals surface area (Å²) in [7, 11) is 2.17. The summed E-state index contributed by atoms with van der Waals surface area (Å²) in [5.74, 6) is 0.379. The number of anilines is 2. The van der Waals surface area contributed by atoms with Crippen LogP contribution >= 0.6 is 0 Å². The Kier molecular flexibility index (Phi) is 3.53. The molecule has 0 radical (unpaired) electrons. The van der Waals surface area contributed by atoms with Gasteiger partial charge in [-0.3, -0.25) is 0 Å². The smallest absolute Gasteiger partial charge is 0.0447 e. The van der Waals surface area contributed by atoms with Crippen molar-refractivity contribution in [3.05, 3.63) is 108 Å². The van der Waals surface area contributed by atoms with Crippen LogP contribution in [0.15, 0.2) is 91.0 Å². The van der Waals surface area contributed by atoms with Crippen molar-refractivity contribution in [2.45, 2.75) is 12.3 Å². The summed E-state index contributed by atoms with van der Waals surface area (Å²) >= 11 is 0. The molecule has 0 aromatic heterocycles. The first kappa shape index (κ1) is 15.2. The van der Waals surface area contributed by atoms with E-state index < -0.39 is 0 Å². The molecule has 0 unspecified atom stereocenters. The van der Waals surface area contributed by atoms with Gasteiger partial charge in [0.2, 0.25) is 0 Å². The summed E-state index contributed by atoms with van der Waals surface area (Å²) in [6.07, 6.45) is 1.02. The van der Waals surface area contributed by atoms with Gasteiger partial charge < -0.3 is 4.90 Å². The number of rotatable bonds is 2. The number of hydrogen-bond acceptors (Lipinski definition) is 1. The fraction of sp³-hybridized carbons (Fsp3) is 0.120. The molecular formula is C25H21N. The van der Waals surface area contributed by atoms with Crippen molar-refractivity contribution in [3.8, 4) is 0 Å². The maximum absolute atomic E-state index is 2.32. The molecule has 1 aliphatic rings. The Morgan fingerprint density at radius 3 is 1.96 bits per heavy atom. The van der Waals surface area contributed by atoms with Crippen molar-refractivity contribution in [1.29, 1.82) is 0 Å². The highest BCUT2D eigenvalue weighted by Crippen LogP contribution is 2.46. The van der Waals surface area contributed by atoms with Crippen LogP contribution < -0.4 is 4.90 Å². The molecular weight excluding hydrogens is 314 g/mol. The molecule has 0 fully saturated rings. The summed E-state index contributed by atoms with van der Waals surface area (Å²) in [6, 6.07) is 33.0. The molecule has 26 heavy (non-hydrogen) atoms. The second-order valence-corrected chi connectivity index (χ2v) is 7.07. The Hall–Kier alpha value is -3.06. The minimum Gasteiger partial charge on any atom is -0.344 e. The third-order valence-electron chi connectivity index (χ3n) is 5.65. The van der Waals surface area contributed by atoms with Crippen LogP contribution in [0.3, 0.4) is 0 Å². The fourth-order valence-electron chi connectivity index (χ4n) is 4.38. The molecule has 1 nitrogen and oxygen atoms in total. The summed E-state index contributed by atoms with van der Waals surface area (Å²) in [5.41, 5.74) is 6.89. The third-order valence-corrected chi connectivity index (χ3v) is 5.65. The van der Waals surface area contributed by atoms with Gasteiger partial charge in [-0.25, -0.2) is 0 Å². The van der Waals surface area contributed by atoms with Gasteiger partial charge in [0, 0.05) is 24.3 Å². The minimum absolute atomic E-state index is 0.379. The van der Waals surface area contributed by atoms with Crippen molar-refractivity contribution in [2.75, 3.05) is 11.9 Å². The highest BCUT2D eigenvalue weighted by atomic mass is 15.1. The summed E-state index contributed by atoms with van der Waals surface area (Å²) in [6.45, 7) is 0. The lowest BCUT2D eigenvalue weighted by Gasteiger charge is -2.35. The Morgan fingerprint density at radius 1 is 0.654 bits per heavy atom. The molecule has 0 atom stereocenters. The summed E-state index contributed by atoms with van der Waals surface area (Å²) in [5, 5.41) is 2.68. The van der Waals surface area contributed by atoms with Gasteiger partial charge in [0.05, 0.1) is 0 Å². The predicted molar refractivity (Wildman–Crippen MR) is 110 cm³/mol. The van der Waals surface area contributed by atoms with E-state index >= 15 is 0 Å². The van der Waals surface area contributed by atoms with Gasteiger partial charge >= 0.3 is 0 Å². The maximum atomic E-state index is 2.32. The van der Waals surface area contributed by atoms with Crippen LogP contribution in [-0.2, 0) is 6.42 Å². The molecule has 4 aromatic rings. The summed E-state index contributed by atoms with van der Waals surface area (Å²) < 4.78 is 0. The Bertz CT molecular complexity index is 1040. The van der Waals surface area contributed by atoms with E-state index in [9.17, 15) is 0 Å². The first-order valence-corrected chi connectivity index (χ1v) is 9.21. The lowest BCUT2D eigenvalue weighted by Crippen LogP contribution is -2.22. The van der Waals surface area contributed by atoms with E-state index in [-0.39, 0.29) is 0 Å². The molecule has 0 saturated carbocycles. The number of fused-ring (bicyclic) bond motifs is 3. The molecule has 0 aliphatic carbocycles. The van der Waals surface area contributed by atoms with Gasteiger partial charge in [-0.15, -0.1) is 0 Å². The van der Waals surface area contributed by atoms with E-state index in [4.69, 9.17) is 0 Å². The first-order valence-electron chi connectivity index (χ1n) is 9.21. The third kappa shape index (κ3) is 2.32. The van der Waals surface area contributed by atoms with E-state index in [1.165, 1.54) is 38.8 Å². The van der Waals surface area contributed by atoms with Crippen LogP contribution in [0, 0.1) is 0 Å². The zero-order valence-electron chi connectivity index (χ0n) is 14.9. The second-order valence-electron chi connectivity index (χ2n) is 7.07. The lowest BCUT2D eigenvalue weighted by molar-refractivity contribution is 0.789. The minimum atomic E-state index is 0.379. The molecule has 5 rings (SSSR count). The van der Waals surface area contributed by atoms with Crippen LogP contribution in [0.2, 0.25) is 0 Å². The van der Waals surface area contributed by atoms with Crippen LogP contribution in [0.25, 0.3) is 10.8 Å². The van der Waals surface area contributed by atoms with E-state index in [0.29, 0.717) is 5.92 Å². The van der Waals surface area contributed by atoms with Gasteiger partial charge in [0.25, 0.3) is 0 Å².